The molecule has 6 atom stereocenters. The molecule has 4 N–H and O–H groups in total. The van der Waals surface area contributed by atoms with Crippen LogP contribution >= 0.6 is 0 Å². The molecule has 2 saturated heterocycles. The summed E-state index contributed by atoms with van der Waals surface area (Å²) in [4.78, 5) is 23.7. The first-order valence-electron chi connectivity index (χ1n) is 9.39. The molecule has 0 radical (unpaired) electrons. The van der Waals surface area contributed by atoms with Crippen LogP contribution in [0.3, 0.4) is 0 Å². The zero-order valence-corrected chi connectivity index (χ0v) is 16.1. The lowest BCUT2D eigenvalue weighted by atomic mass is 10.2. The molecule has 2 fully saturated rings. The lowest BCUT2D eigenvalue weighted by Crippen LogP contribution is -2.28. The summed E-state index contributed by atoms with van der Waals surface area (Å²) >= 11 is 0. The predicted octanol–water partition coefficient (Wildman–Crippen LogP) is -1.05. The number of aromatic amines is 1. The maximum absolute atomic E-state index is 12.4. The van der Waals surface area contributed by atoms with Gasteiger partial charge in [-0.1, -0.05) is 0 Å². The van der Waals surface area contributed by atoms with Gasteiger partial charge in [-0.05, 0) is 0 Å². The van der Waals surface area contributed by atoms with Gasteiger partial charge in [-0.15, -0.1) is 0 Å². The second-order valence-electron chi connectivity index (χ2n) is 7.13. The zero-order chi connectivity index (χ0) is 20.5. The third kappa shape index (κ3) is 3.86. The Bertz CT molecular complexity index is 902. The van der Waals surface area contributed by atoms with Crippen molar-refractivity contribution in [2.45, 2.75) is 49.7 Å². The Balaban J connectivity index is 1.56. The maximum atomic E-state index is 12.4. The molecule has 2 aromatic heterocycles. The predicted molar refractivity (Wildman–Crippen MR) is 99.3 cm³/mol. The fourth-order valence-electron chi connectivity index (χ4n) is 3.78. The highest BCUT2D eigenvalue weighted by atomic mass is 16.6. The van der Waals surface area contributed by atoms with Crippen molar-refractivity contribution in [2.24, 2.45) is 0 Å². The van der Waals surface area contributed by atoms with E-state index in [0.29, 0.717) is 18.7 Å². The van der Waals surface area contributed by atoms with Crippen LogP contribution in [-0.2, 0) is 18.9 Å². The van der Waals surface area contributed by atoms with Gasteiger partial charge < -0.3 is 34.5 Å². The molecule has 0 unspecified atom stereocenters. The summed E-state index contributed by atoms with van der Waals surface area (Å²) in [5, 5.41) is 22.3. The van der Waals surface area contributed by atoms with Crippen LogP contribution in [0, 0.1) is 0 Å². The molecule has 29 heavy (non-hydrogen) atoms. The number of aliphatic hydroxyl groups is 2. The van der Waals surface area contributed by atoms with Gasteiger partial charge in [-0.2, -0.15) is 4.98 Å². The lowest BCUT2D eigenvalue weighted by Gasteiger charge is -2.16. The molecule has 12 heteroatoms. The number of imidazole rings is 1. The lowest BCUT2D eigenvalue weighted by molar-refractivity contribution is -0.0432. The van der Waals surface area contributed by atoms with E-state index in [0.717, 1.165) is 0 Å². The number of hydrogen-bond acceptors (Lipinski definition) is 10. The molecule has 0 aliphatic carbocycles. The Labute approximate surface area is 165 Å². The van der Waals surface area contributed by atoms with Crippen molar-refractivity contribution in [1.82, 2.24) is 19.5 Å². The minimum atomic E-state index is -0.808. The first-order chi connectivity index (χ1) is 14.0. The van der Waals surface area contributed by atoms with E-state index in [4.69, 9.17) is 18.9 Å². The summed E-state index contributed by atoms with van der Waals surface area (Å²) in [6.07, 6.45) is -0.610. The zero-order valence-electron chi connectivity index (χ0n) is 16.1. The van der Waals surface area contributed by atoms with Gasteiger partial charge >= 0.3 is 0 Å². The summed E-state index contributed by atoms with van der Waals surface area (Å²) < 4.78 is 23.7. The number of anilines is 1. The van der Waals surface area contributed by atoms with Gasteiger partial charge in [-0.25, -0.2) is 4.98 Å². The van der Waals surface area contributed by atoms with Crippen molar-refractivity contribution in [1.29, 1.82) is 0 Å². The Hall–Kier alpha value is -2.09. The monoisotopic (exact) mass is 411 g/mol. The molecule has 2 aliphatic heterocycles. The van der Waals surface area contributed by atoms with E-state index in [1.165, 1.54) is 6.33 Å². The molecule has 0 aromatic carbocycles. The quantitative estimate of drug-likeness (QED) is 0.444. The fourth-order valence-corrected chi connectivity index (χ4v) is 3.78. The highest BCUT2D eigenvalue weighted by Gasteiger charge is 2.37. The number of nitrogens with one attached hydrogen (secondary N) is 2. The van der Waals surface area contributed by atoms with E-state index >= 15 is 0 Å². The number of methoxy groups -OCH3 is 2. The van der Waals surface area contributed by atoms with Gasteiger partial charge in [-0.3, -0.25) is 14.3 Å². The van der Waals surface area contributed by atoms with Crippen molar-refractivity contribution in [3.63, 3.8) is 0 Å². The van der Waals surface area contributed by atoms with Gasteiger partial charge in [0.1, 0.15) is 24.7 Å². The first-order valence-corrected chi connectivity index (χ1v) is 9.39. The van der Waals surface area contributed by atoms with E-state index in [-0.39, 0.29) is 36.7 Å². The smallest absolute Gasteiger partial charge is 0.280 e. The molecular weight excluding hydrogens is 386 g/mol. The van der Waals surface area contributed by atoms with E-state index in [1.807, 2.05) is 0 Å². The minimum absolute atomic E-state index is 0.141. The number of rotatable bonds is 7. The summed E-state index contributed by atoms with van der Waals surface area (Å²) in [7, 11) is 3.20. The summed E-state index contributed by atoms with van der Waals surface area (Å²) in [5.74, 6) is 0.222. The van der Waals surface area contributed by atoms with Crippen LogP contribution in [0.4, 0.5) is 5.95 Å². The second kappa shape index (κ2) is 8.34. The standard InChI is InChI=1S/C17H25N5O7/c1-26-6-11-9(27-2)4-12(28-11)19-17-20-15-14(16(25)21-17)18-7-22(15)13-3-8(24)10(5-23)29-13/h7-13,23-24H,3-6H2,1-2H3,(H2,19,20,21,25)/t8-,9-,10+,11+,12+,13+/m0/s1. The van der Waals surface area contributed by atoms with Crippen LogP contribution < -0.4 is 10.9 Å². The van der Waals surface area contributed by atoms with Crippen molar-refractivity contribution >= 4 is 17.1 Å². The van der Waals surface area contributed by atoms with Crippen LogP contribution in [-0.4, -0.2) is 87.8 Å². The Kier molecular flexibility index (Phi) is 5.81. The van der Waals surface area contributed by atoms with Crippen LogP contribution in [0.15, 0.2) is 11.1 Å². The highest BCUT2D eigenvalue weighted by molar-refractivity contribution is 5.70. The number of fused-ring (bicyclic) bond motifs is 1. The molecular formula is C17H25N5O7. The molecule has 160 valence electrons. The summed E-state index contributed by atoms with van der Waals surface area (Å²) in [5.41, 5.74) is 0.0467. The van der Waals surface area contributed by atoms with Crippen molar-refractivity contribution in [3.8, 4) is 0 Å². The molecule has 12 nitrogen and oxygen atoms in total. The van der Waals surface area contributed by atoms with Crippen LogP contribution in [0.25, 0.3) is 11.2 Å². The van der Waals surface area contributed by atoms with Gasteiger partial charge in [0.25, 0.3) is 5.56 Å². The van der Waals surface area contributed by atoms with E-state index in [2.05, 4.69) is 20.3 Å². The Morgan fingerprint density at radius 3 is 2.86 bits per heavy atom. The summed E-state index contributed by atoms with van der Waals surface area (Å²) in [6.45, 7) is 0.0905. The molecule has 0 saturated carbocycles. The number of aromatic nitrogens is 4. The summed E-state index contributed by atoms with van der Waals surface area (Å²) in [6, 6.07) is 0. The molecule has 0 amide bonds. The topological polar surface area (TPSA) is 153 Å². The van der Waals surface area contributed by atoms with Crippen molar-refractivity contribution < 1.29 is 29.2 Å². The number of H-pyrrole nitrogens is 1. The van der Waals surface area contributed by atoms with Gasteiger partial charge in [0, 0.05) is 27.1 Å². The SMILES string of the molecule is COC[C@H]1O[C@@H](Nc2nc3c(ncn3[C@H]3C[C@H](O)[C@@H](CO)O3)c(=O)[nH]2)C[C@@H]1OC. The molecule has 0 spiro atoms. The van der Waals surface area contributed by atoms with Crippen molar-refractivity contribution in [2.75, 3.05) is 32.8 Å². The normalized spacial score (nSPS) is 32.3. The number of hydrogen-bond donors (Lipinski definition) is 4. The molecule has 2 aromatic rings. The van der Waals surface area contributed by atoms with Crippen LogP contribution in [0.5, 0.6) is 0 Å². The van der Waals surface area contributed by atoms with Gasteiger partial charge in [0.05, 0.1) is 31.7 Å². The Morgan fingerprint density at radius 1 is 1.34 bits per heavy atom. The van der Waals surface area contributed by atoms with E-state index in [9.17, 15) is 15.0 Å². The number of aliphatic hydroxyl groups excluding tert-OH is 2. The third-order valence-electron chi connectivity index (χ3n) is 5.26. The average Bonchev–Trinajstić information content (AvgIpc) is 3.38. The number of ether oxygens (including phenoxy) is 4. The van der Waals surface area contributed by atoms with Crippen LogP contribution in [0.1, 0.15) is 19.1 Å². The van der Waals surface area contributed by atoms with Crippen molar-refractivity contribution in [3.05, 3.63) is 16.7 Å². The molecule has 2 aliphatic rings. The minimum Gasteiger partial charge on any atom is -0.394 e. The Morgan fingerprint density at radius 2 is 2.17 bits per heavy atom. The second-order valence-corrected chi connectivity index (χ2v) is 7.13. The highest BCUT2D eigenvalue weighted by Crippen LogP contribution is 2.30. The van der Waals surface area contributed by atoms with Gasteiger partial charge in [0.2, 0.25) is 5.95 Å². The van der Waals surface area contributed by atoms with Crippen LogP contribution in [0.2, 0.25) is 0 Å². The fraction of sp³-hybridized carbons (Fsp3) is 0.706. The molecule has 0 bridgehead atoms. The molecule has 4 heterocycles. The number of nitrogens with zero attached hydrogens (tertiary/aromatic N) is 3. The maximum Gasteiger partial charge on any atom is 0.280 e. The van der Waals surface area contributed by atoms with E-state index in [1.54, 1.807) is 18.8 Å². The average molecular weight is 411 g/mol. The third-order valence-corrected chi connectivity index (χ3v) is 5.26. The largest absolute Gasteiger partial charge is 0.394 e. The van der Waals surface area contributed by atoms with Gasteiger partial charge in [0.15, 0.2) is 11.2 Å². The first kappa shape index (κ1) is 20.2. The van der Waals surface area contributed by atoms with E-state index < -0.39 is 30.2 Å². The molecule has 4 rings (SSSR count).